The van der Waals surface area contributed by atoms with E-state index in [1.54, 1.807) is 4.31 Å². The molecule has 5 nitrogen and oxygen atoms in total. The zero-order chi connectivity index (χ0) is 20.9. The lowest BCUT2D eigenvalue weighted by molar-refractivity contribution is -0.126. The van der Waals surface area contributed by atoms with Gasteiger partial charge in [0.2, 0.25) is 15.9 Å². The van der Waals surface area contributed by atoms with E-state index < -0.39 is 10.0 Å². The standard InChI is InChI=1S/C23H36N2O3S/c1-3-4-16-29(27,28)25-14-10-20(11-15-25)22(26)24-18-23(12-5-6-13-23)21-9-7-8-19(2)17-21/h7-9,17,20H,3-6,10-16,18H2,1-2H3,(H,24,26). The Balaban J connectivity index is 1.56. The van der Waals surface area contributed by atoms with Gasteiger partial charge < -0.3 is 5.32 Å². The molecule has 1 amide bonds. The number of benzene rings is 1. The first-order valence-electron chi connectivity index (χ1n) is 11.2. The highest BCUT2D eigenvalue weighted by molar-refractivity contribution is 7.89. The fraction of sp³-hybridized carbons (Fsp3) is 0.696. The molecular formula is C23H36N2O3S. The Kier molecular flexibility index (Phi) is 7.38. The van der Waals surface area contributed by atoms with Crippen molar-refractivity contribution in [2.45, 2.75) is 70.6 Å². The van der Waals surface area contributed by atoms with Crippen LogP contribution in [0.25, 0.3) is 0 Å². The molecule has 1 aromatic rings. The van der Waals surface area contributed by atoms with Crippen LogP contribution in [0.15, 0.2) is 24.3 Å². The van der Waals surface area contributed by atoms with Gasteiger partial charge in [-0.05, 0) is 44.6 Å². The van der Waals surface area contributed by atoms with Crippen molar-refractivity contribution in [3.05, 3.63) is 35.4 Å². The van der Waals surface area contributed by atoms with Gasteiger partial charge in [0, 0.05) is 31.0 Å². The summed E-state index contributed by atoms with van der Waals surface area (Å²) in [7, 11) is -3.17. The van der Waals surface area contributed by atoms with Crippen LogP contribution in [0.5, 0.6) is 0 Å². The van der Waals surface area contributed by atoms with Gasteiger partial charge in [0.25, 0.3) is 0 Å². The molecule has 1 saturated heterocycles. The van der Waals surface area contributed by atoms with E-state index in [1.165, 1.54) is 24.0 Å². The lowest BCUT2D eigenvalue weighted by Gasteiger charge is -2.33. The monoisotopic (exact) mass is 420 g/mol. The van der Waals surface area contributed by atoms with E-state index in [-0.39, 0.29) is 23.0 Å². The summed E-state index contributed by atoms with van der Waals surface area (Å²) in [5.74, 6) is 0.234. The zero-order valence-electron chi connectivity index (χ0n) is 18.0. The van der Waals surface area contributed by atoms with Gasteiger partial charge in [-0.2, -0.15) is 0 Å². The van der Waals surface area contributed by atoms with Crippen molar-refractivity contribution >= 4 is 15.9 Å². The minimum absolute atomic E-state index is 0.0475. The van der Waals surface area contributed by atoms with E-state index in [2.05, 4.69) is 36.5 Å². The number of piperidine rings is 1. The molecule has 0 spiro atoms. The fourth-order valence-electron chi connectivity index (χ4n) is 4.85. The first-order chi connectivity index (χ1) is 13.9. The topological polar surface area (TPSA) is 66.5 Å². The molecule has 0 aromatic heterocycles. The average Bonchev–Trinajstić information content (AvgIpc) is 3.21. The smallest absolute Gasteiger partial charge is 0.223 e. The van der Waals surface area contributed by atoms with Crippen LogP contribution in [0.2, 0.25) is 0 Å². The van der Waals surface area contributed by atoms with Crippen molar-refractivity contribution in [3.63, 3.8) is 0 Å². The highest BCUT2D eigenvalue weighted by Crippen LogP contribution is 2.41. The molecule has 1 aliphatic heterocycles. The molecule has 1 saturated carbocycles. The Morgan fingerprint density at radius 2 is 1.90 bits per heavy atom. The zero-order valence-corrected chi connectivity index (χ0v) is 18.8. The van der Waals surface area contributed by atoms with Crippen LogP contribution in [0.4, 0.5) is 0 Å². The van der Waals surface area contributed by atoms with Crippen LogP contribution in [0.3, 0.4) is 0 Å². The summed E-state index contributed by atoms with van der Waals surface area (Å²) < 4.78 is 26.3. The molecule has 1 aliphatic carbocycles. The lowest BCUT2D eigenvalue weighted by atomic mass is 9.78. The van der Waals surface area contributed by atoms with Gasteiger partial charge in [0.05, 0.1) is 5.75 Å². The molecule has 0 unspecified atom stereocenters. The van der Waals surface area contributed by atoms with Crippen molar-refractivity contribution in [2.24, 2.45) is 5.92 Å². The Morgan fingerprint density at radius 1 is 1.21 bits per heavy atom. The second-order valence-corrected chi connectivity index (χ2v) is 11.0. The van der Waals surface area contributed by atoms with Crippen molar-refractivity contribution in [2.75, 3.05) is 25.4 Å². The van der Waals surface area contributed by atoms with Gasteiger partial charge >= 0.3 is 0 Å². The summed E-state index contributed by atoms with van der Waals surface area (Å²) >= 11 is 0. The minimum Gasteiger partial charge on any atom is -0.355 e. The first kappa shape index (κ1) is 22.3. The van der Waals surface area contributed by atoms with Gasteiger partial charge in [0.15, 0.2) is 0 Å². The van der Waals surface area contributed by atoms with Gasteiger partial charge in [-0.3, -0.25) is 4.79 Å². The molecule has 6 heteroatoms. The Hall–Kier alpha value is -1.40. The lowest BCUT2D eigenvalue weighted by Crippen LogP contribution is -2.46. The largest absolute Gasteiger partial charge is 0.355 e. The highest BCUT2D eigenvalue weighted by Gasteiger charge is 2.37. The molecule has 1 aromatic carbocycles. The molecule has 0 atom stereocenters. The van der Waals surface area contributed by atoms with Gasteiger partial charge in [-0.15, -0.1) is 0 Å². The van der Waals surface area contributed by atoms with Crippen LogP contribution in [0.1, 0.15) is 69.4 Å². The minimum atomic E-state index is -3.17. The maximum Gasteiger partial charge on any atom is 0.223 e. The van der Waals surface area contributed by atoms with E-state index in [0.29, 0.717) is 38.9 Å². The van der Waals surface area contributed by atoms with E-state index >= 15 is 0 Å². The van der Waals surface area contributed by atoms with Crippen molar-refractivity contribution < 1.29 is 13.2 Å². The van der Waals surface area contributed by atoms with Crippen molar-refractivity contribution in [1.29, 1.82) is 0 Å². The third-order valence-corrected chi connectivity index (χ3v) is 8.72. The molecule has 1 heterocycles. The SMILES string of the molecule is CCCCS(=O)(=O)N1CCC(C(=O)NCC2(c3cccc(C)c3)CCCC2)CC1. The molecule has 2 aliphatic rings. The number of nitrogens with zero attached hydrogens (tertiary/aromatic N) is 1. The summed E-state index contributed by atoms with van der Waals surface area (Å²) in [5.41, 5.74) is 2.65. The fourth-order valence-corrected chi connectivity index (χ4v) is 6.53. The maximum atomic E-state index is 12.8. The van der Waals surface area contributed by atoms with Crippen LogP contribution in [-0.2, 0) is 20.2 Å². The number of hydrogen-bond donors (Lipinski definition) is 1. The number of carbonyl (C=O) groups is 1. The number of sulfonamides is 1. The number of nitrogens with one attached hydrogen (secondary N) is 1. The molecule has 2 fully saturated rings. The second kappa shape index (κ2) is 9.61. The summed E-state index contributed by atoms with van der Waals surface area (Å²) in [6.45, 7) is 5.73. The third-order valence-electron chi connectivity index (χ3n) is 6.77. The summed E-state index contributed by atoms with van der Waals surface area (Å²) in [6.07, 6.45) is 7.46. The van der Waals surface area contributed by atoms with Crippen LogP contribution < -0.4 is 5.32 Å². The second-order valence-electron chi connectivity index (χ2n) is 8.92. The van der Waals surface area contributed by atoms with E-state index in [0.717, 1.165) is 19.3 Å². The van der Waals surface area contributed by atoms with Crippen LogP contribution in [-0.4, -0.2) is 44.0 Å². The number of hydrogen-bond acceptors (Lipinski definition) is 3. The number of rotatable bonds is 8. The number of unbranched alkanes of at least 4 members (excludes halogenated alkanes) is 1. The third kappa shape index (κ3) is 5.40. The summed E-state index contributed by atoms with van der Waals surface area (Å²) in [4.78, 5) is 12.8. The highest BCUT2D eigenvalue weighted by atomic mass is 32.2. The molecule has 0 radical (unpaired) electrons. The normalized spacial score (nSPS) is 20.6. The summed E-state index contributed by atoms with van der Waals surface area (Å²) in [5, 5.41) is 3.23. The summed E-state index contributed by atoms with van der Waals surface area (Å²) in [6, 6.07) is 8.69. The Morgan fingerprint density at radius 3 is 2.52 bits per heavy atom. The molecule has 162 valence electrons. The van der Waals surface area contributed by atoms with Crippen LogP contribution >= 0.6 is 0 Å². The first-order valence-corrected chi connectivity index (χ1v) is 12.8. The number of aryl methyl sites for hydroxylation is 1. The predicted molar refractivity (Wildman–Crippen MR) is 117 cm³/mol. The van der Waals surface area contributed by atoms with Crippen molar-refractivity contribution in [3.8, 4) is 0 Å². The number of carbonyl (C=O) groups excluding carboxylic acids is 1. The molecular weight excluding hydrogens is 384 g/mol. The Bertz CT molecular complexity index is 792. The van der Waals surface area contributed by atoms with E-state index in [1.807, 2.05) is 6.92 Å². The quantitative estimate of drug-likeness (QED) is 0.696. The molecule has 29 heavy (non-hydrogen) atoms. The average molecular weight is 421 g/mol. The van der Waals surface area contributed by atoms with Gasteiger partial charge in [-0.25, -0.2) is 12.7 Å². The Labute approximate surface area is 176 Å². The van der Waals surface area contributed by atoms with Gasteiger partial charge in [0.1, 0.15) is 0 Å². The molecule has 3 rings (SSSR count). The maximum absolute atomic E-state index is 12.8. The predicted octanol–water partition coefficient (Wildman–Crippen LogP) is 3.76. The van der Waals surface area contributed by atoms with Crippen molar-refractivity contribution in [1.82, 2.24) is 9.62 Å². The van der Waals surface area contributed by atoms with E-state index in [9.17, 15) is 13.2 Å². The molecule has 1 N–H and O–H groups in total. The van der Waals surface area contributed by atoms with Crippen LogP contribution in [0, 0.1) is 12.8 Å². The number of amides is 1. The van der Waals surface area contributed by atoms with Gasteiger partial charge in [-0.1, -0.05) is 56.0 Å². The molecule has 0 bridgehead atoms. The van der Waals surface area contributed by atoms with E-state index in [4.69, 9.17) is 0 Å².